The van der Waals surface area contributed by atoms with Gasteiger partial charge in [-0.05, 0) is 31.0 Å². The van der Waals surface area contributed by atoms with Gasteiger partial charge in [0.2, 0.25) is 0 Å². The molecule has 0 saturated heterocycles. The SMILES string of the molecule is CCCCCC(C)(C)SSCl. The summed E-state index contributed by atoms with van der Waals surface area (Å²) in [5.41, 5.74) is 0. The van der Waals surface area contributed by atoms with Crippen LogP contribution in [-0.4, -0.2) is 4.75 Å². The number of hydrogen-bond donors (Lipinski definition) is 0. The Morgan fingerprint density at radius 3 is 2.36 bits per heavy atom. The maximum Gasteiger partial charge on any atom is 0.0218 e. The van der Waals surface area contributed by atoms with Gasteiger partial charge in [0.25, 0.3) is 0 Å². The van der Waals surface area contributed by atoms with Crippen molar-refractivity contribution in [2.75, 3.05) is 0 Å². The molecule has 0 saturated carbocycles. The van der Waals surface area contributed by atoms with Crippen molar-refractivity contribution < 1.29 is 0 Å². The molecule has 0 unspecified atom stereocenters. The van der Waals surface area contributed by atoms with E-state index in [0.29, 0.717) is 4.75 Å². The van der Waals surface area contributed by atoms with Crippen molar-refractivity contribution in [3.8, 4) is 0 Å². The molecule has 0 heterocycles. The zero-order valence-electron chi connectivity index (χ0n) is 7.52. The maximum absolute atomic E-state index is 5.58. The summed E-state index contributed by atoms with van der Waals surface area (Å²) in [4.78, 5) is 0. The van der Waals surface area contributed by atoms with Gasteiger partial charge in [-0.1, -0.05) is 37.0 Å². The fraction of sp³-hybridized carbons (Fsp3) is 1.00. The molecule has 11 heavy (non-hydrogen) atoms. The van der Waals surface area contributed by atoms with E-state index in [0.717, 1.165) is 0 Å². The first kappa shape index (κ1) is 12.0. The van der Waals surface area contributed by atoms with Gasteiger partial charge in [0, 0.05) is 14.8 Å². The van der Waals surface area contributed by atoms with Crippen LogP contribution in [0.15, 0.2) is 0 Å². The Morgan fingerprint density at radius 2 is 1.91 bits per heavy atom. The maximum atomic E-state index is 5.58. The highest BCUT2D eigenvalue weighted by Crippen LogP contribution is 2.41. The first-order valence-electron chi connectivity index (χ1n) is 4.09. The van der Waals surface area contributed by atoms with Gasteiger partial charge in [0.15, 0.2) is 0 Å². The third-order valence-electron chi connectivity index (χ3n) is 1.64. The topological polar surface area (TPSA) is 0 Å². The zero-order valence-corrected chi connectivity index (χ0v) is 9.91. The van der Waals surface area contributed by atoms with Crippen LogP contribution >= 0.6 is 31.5 Å². The van der Waals surface area contributed by atoms with Crippen LogP contribution in [0.25, 0.3) is 0 Å². The van der Waals surface area contributed by atoms with Crippen LogP contribution in [0.2, 0.25) is 0 Å². The predicted octanol–water partition coefficient (Wildman–Crippen LogP) is 4.88. The Morgan fingerprint density at radius 1 is 1.27 bits per heavy atom. The Hall–Kier alpha value is 0.990. The summed E-state index contributed by atoms with van der Waals surface area (Å²) in [6, 6.07) is 0. The molecule has 0 aliphatic rings. The molecule has 0 N–H and O–H groups in total. The van der Waals surface area contributed by atoms with Crippen molar-refractivity contribution in [2.45, 2.75) is 51.2 Å². The molecule has 0 radical (unpaired) electrons. The lowest BCUT2D eigenvalue weighted by atomic mass is 10.0. The lowest BCUT2D eigenvalue weighted by Gasteiger charge is -2.21. The van der Waals surface area contributed by atoms with Gasteiger partial charge >= 0.3 is 0 Å². The fourth-order valence-electron chi connectivity index (χ4n) is 0.928. The molecular weight excluding hydrogens is 196 g/mol. The van der Waals surface area contributed by atoms with Crippen molar-refractivity contribution in [3.05, 3.63) is 0 Å². The second-order valence-electron chi connectivity index (χ2n) is 3.36. The van der Waals surface area contributed by atoms with Crippen molar-refractivity contribution in [1.29, 1.82) is 0 Å². The monoisotopic (exact) mass is 212 g/mol. The van der Waals surface area contributed by atoms with Crippen LogP contribution in [0.1, 0.15) is 46.5 Å². The molecule has 3 heteroatoms. The summed E-state index contributed by atoms with van der Waals surface area (Å²) in [5, 5.41) is 0. The molecule has 0 fully saturated rings. The predicted molar refractivity (Wildman–Crippen MR) is 59.3 cm³/mol. The first-order chi connectivity index (χ1) is 5.12. The second-order valence-corrected chi connectivity index (χ2v) is 6.77. The van der Waals surface area contributed by atoms with Crippen molar-refractivity contribution in [2.24, 2.45) is 0 Å². The normalized spacial score (nSPS) is 12.0. The summed E-state index contributed by atoms with van der Waals surface area (Å²) in [6.07, 6.45) is 5.24. The smallest absolute Gasteiger partial charge is 0.0218 e. The molecule has 68 valence electrons. The van der Waals surface area contributed by atoms with Crippen LogP contribution in [-0.2, 0) is 0 Å². The van der Waals surface area contributed by atoms with Crippen molar-refractivity contribution >= 4 is 31.5 Å². The van der Waals surface area contributed by atoms with E-state index in [1.54, 1.807) is 10.8 Å². The van der Waals surface area contributed by atoms with Crippen molar-refractivity contribution in [3.63, 3.8) is 0 Å². The van der Waals surface area contributed by atoms with E-state index < -0.39 is 0 Å². The lowest BCUT2D eigenvalue weighted by molar-refractivity contribution is 0.576. The molecule has 0 aromatic heterocycles. The standard InChI is InChI=1S/C8H17ClS2/c1-4-5-6-7-8(2,3)10-11-9/h4-7H2,1-3H3. The zero-order chi connectivity index (χ0) is 8.74. The number of halogens is 1. The highest BCUT2D eigenvalue weighted by molar-refractivity contribution is 8.85. The summed E-state index contributed by atoms with van der Waals surface area (Å²) in [7, 11) is 8.70. The second kappa shape index (κ2) is 6.50. The third-order valence-corrected chi connectivity index (χ3v) is 4.47. The van der Waals surface area contributed by atoms with E-state index in [1.165, 1.54) is 35.7 Å². The minimum atomic E-state index is 0.349. The molecule has 0 amide bonds. The molecule has 0 rings (SSSR count). The average molecular weight is 213 g/mol. The van der Waals surface area contributed by atoms with Gasteiger partial charge < -0.3 is 0 Å². The Kier molecular flexibility index (Phi) is 7.08. The highest BCUT2D eigenvalue weighted by Gasteiger charge is 2.17. The molecule has 0 aliphatic heterocycles. The Balaban J connectivity index is 3.38. The summed E-state index contributed by atoms with van der Waals surface area (Å²) < 4.78 is 0.349. The largest absolute Gasteiger partial charge is 0.0710 e. The highest BCUT2D eigenvalue weighted by atomic mass is 35.7. The molecule has 0 bridgehead atoms. The molecular formula is C8H17ClS2. The Bertz CT molecular complexity index is 94.1. The fourth-order valence-corrected chi connectivity index (χ4v) is 3.62. The minimum Gasteiger partial charge on any atom is -0.0710 e. The van der Waals surface area contributed by atoms with Crippen LogP contribution in [0, 0.1) is 0 Å². The molecule has 0 aromatic rings. The van der Waals surface area contributed by atoms with Gasteiger partial charge in [-0.25, -0.2) is 0 Å². The van der Waals surface area contributed by atoms with E-state index in [-0.39, 0.29) is 0 Å². The number of unbranched alkanes of at least 4 members (excludes halogenated alkanes) is 2. The average Bonchev–Trinajstić information content (AvgIpc) is 1.87. The van der Waals surface area contributed by atoms with Crippen LogP contribution in [0.3, 0.4) is 0 Å². The third kappa shape index (κ3) is 7.35. The van der Waals surface area contributed by atoms with E-state index in [1.807, 2.05) is 0 Å². The van der Waals surface area contributed by atoms with Crippen LogP contribution in [0.5, 0.6) is 0 Å². The lowest BCUT2D eigenvalue weighted by Crippen LogP contribution is -2.12. The molecule has 0 spiro atoms. The minimum absolute atomic E-state index is 0.349. The van der Waals surface area contributed by atoms with Gasteiger partial charge in [0.05, 0.1) is 0 Å². The van der Waals surface area contributed by atoms with Gasteiger partial charge in [-0.2, -0.15) is 0 Å². The van der Waals surface area contributed by atoms with Gasteiger partial charge in [0.1, 0.15) is 0 Å². The number of rotatable bonds is 6. The van der Waals surface area contributed by atoms with Gasteiger partial charge in [-0.15, -0.1) is 0 Å². The summed E-state index contributed by atoms with van der Waals surface area (Å²) in [5.74, 6) is 0. The quantitative estimate of drug-likeness (QED) is 0.455. The number of hydrogen-bond acceptors (Lipinski definition) is 2. The van der Waals surface area contributed by atoms with Crippen LogP contribution < -0.4 is 0 Å². The van der Waals surface area contributed by atoms with Crippen molar-refractivity contribution in [1.82, 2.24) is 0 Å². The Labute approximate surface area is 82.7 Å². The summed E-state index contributed by atoms with van der Waals surface area (Å²) in [6.45, 7) is 6.74. The molecule has 0 aliphatic carbocycles. The van der Waals surface area contributed by atoms with E-state index in [4.69, 9.17) is 10.7 Å². The molecule has 0 atom stereocenters. The molecule has 0 aromatic carbocycles. The van der Waals surface area contributed by atoms with E-state index in [9.17, 15) is 0 Å². The van der Waals surface area contributed by atoms with E-state index >= 15 is 0 Å². The van der Waals surface area contributed by atoms with Gasteiger partial charge in [-0.3, -0.25) is 0 Å². The van der Waals surface area contributed by atoms with Crippen LogP contribution in [0.4, 0.5) is 0 Å². The van der Waals surface area contributed by atoms with E-state index in [2.05, 4.69) is 20.8 Å². The molecule has 0 nitrogen and oxygen atoms in total. The summed E-state index contributed by atoms with van der Waals surface area (Å²) >= 11 is 0. The first-order valence-corrected chi connectivity index (χ1v) is 7.06.